The lowest BCUT2D eigenvalue weighted by Gasteiger charge is -2.20. The van der Waals surface area contributed by atoms with Crippen molar-refractivity contribution in [2.45, 2.75) is 45.6 Å². The van der Waals surface area contributed by atoms with Crippen LogP contribution in [0.2, 0.25) is 0 Å². The summed E-state index contributed by atoms with van der Waals surface area (Å²) in [5.41, 5.74) is 1.02. The topological polar surface area (TPSA) is 90.9 Å². The molecule has 1 saturated heterocycles. The molecule has 1 fully saturated rings. The van der Waals surface area contributed by atoms with Gasteiger partial charge < -0.3 is 19.2 Å². The smallest absolute Gasteiger partial charge is 0.344 e. The van der Waals surface area contributed by atoms with Gasteiger partial charge in [-0.1, -0.05) is 32.0 Å². The van der Waals surface area contributed by atoms with Gasteiger partial charge in [-0.05, 0) is 37.8 Å². The first-order valence-corrected chi connectivity index (χ1v) is 9.45. The van der Waals surface area contributed by atoms with Crippen LogP contribution >= 0.6 is 0 Å². The lowest BCUT2D eigenvalue weighted by atomic mass is 10.1. The Balaban J connectivity index is 0.000000211. The zero-order valence-corrected chi connectivity index (χ0v) is 16.4. The second-order valence-electron chi connectivity index (χ2n) is 6.87. The highest BCUT2D eigenvalue weighted by molar-refractivity contribution is 5.46. The van der Waals surface area contributed by atoms with Crippen molar-refractivity contribution in [1.29, 1.82) is 0 Å². The van der Waals surface area contributed by atoms with Crippen molar-refractivity contribution >= 4 is 12.3 Å². The number of rotatable bonds is 5. The minimum absolute atomic E-state index is 0.298. The highest BCUT2D eigenvalue weighted by Crippen LogP contribution is 2.25. The third-order valence-corrected chi connectivity index (χ3v) is 4.42. The van der Waals surface area contributed by atoms with Crippen LogP contribution in [0.15, 0.2) is 34.7 Å². The Labute approximate surface area is 163 Å². The van der Waals surface area contributed by atoms with E-state index in [0.717, 1.165) is 43.9 Å². The van der Waals surface area contributed by atoms with Crippen LogP contribution in [0.3, 0.4) is 0 Å². The molecule has 1 aromatic carbocycles. The molecule has 0 saturated carbocycles. The second kappa shape index (κ2) is 9.36. The Bertz CT molecular complexity index is 882. The zero-order chi connectivity index (χ0) is 19.9. The van der Waals surface area contributed by atoms with Crippen LogP contribution in [0, 0.1) is 6.92 Å². The third kappa shape index (κ3) is 4.89. The molecule has 0 aliphatic carbocycles. The van der Waals surface area contributed by atoms with Gasteiger partial charge in [0.2, 0.25) is 6.41 Å². The predicted molar refractivity (Wildman–Crippen MR) is 104 cm³/mol. The van der Waals surface area contributed by atoms with Crippen LogP contribution in [-0.4, -0.2) is 40.3 Å². The second-order valence-corrected chi connectivity index (χ2v) is 6.87. The lowest BCUT2D eigenvalue weighted by molar-refractivity contribution is -0.110. The van der Waals surface area contributed by atoms with E-state index in [1.165, 1.54) is 0 Å². The number of oxazole rings is 1. The minimum Gasteiger partial charge on any atom is -0.427 e. The van der Waals surface area contributed by atoms with Gasteiger partial charge in [0, 0.05) is 19.3 Å². The van der Waals surface area contributed by atoms with Crippen LogP contribution in [0.1, 0.15) is 44.1 Å². The Morgan fingerprint density at radius 3 is 2.61 bits per heavy atom. The summed E-state index contributed by atoms with van der Waals surface area (Å²) < 4.78 is 18.0. The summed E-state index contributed by atoms with van der Waals surface area (Å²) in [6.07, 6.45) is 2.67. The van der Waals surface area contributed by atoms with Crippen molar-refractivity contribution in [2.24, 2.45) is 0 Å². The van der Waals surface area contributed by atoms with E-state index < -0.39 is 0 Å². The minimum atomic E-state index is 0.298. The van der Waals surface area contributed by atoms with Crippen molar-refractivity contribution < 1.29 is 18.7 Å². The van der Waals surface area contributed by atoms with E-state index in [1.54, 1.807) is 4.52 Å². The van der Waals surface area contributed by atoms with Crippen molar-refractivity contribution in [3.8, 4) is 11.8 Å². The maximum atomic E-state index is 9.92. The number of ether oxygens (including phenoxy) is 2. The van der Waals surface area contributed by atoms with Crippen LogP contribution in [-0.2, 0) is 9.53 Å². The summed E-state index contributed by atoms with van der Waals surface area (Å²) in [7, 11) is 0. The molecule has 1 aliphatic heterocycles. The van der Waals surface area contributed by atoms with Gasteiger partial charge in [0.25, 0.3) is 0 Å². The number of hydrogen-bond donors (Lipinski definition) is 1. The van der Waals surface area contributed by atoms with E-state index in [2.05, 4.69) is 29.2 Å². The number of hydrogen-bond acceptors (Lipinski definition) is 6. The summed E-state index contributed by atoms with van der Waals surface area (Å²) in [4.78, 5) is 14.2. The molecule has 1 amide bonds. The Hall–Kier alpha value is -2.87. The average molecular weight is 386 g/mol. The van der Waals surface area contributed by atoms with E-state index in [0.29, 0.717) is 29.6 Å². The molecule has 0 unspecified atom stereocenters. The summed E-state index contributed by atoms with van der Waals surface area (Å²) in [5, 5.41) is 7.06. The number of carbonyl (C=O) groups excluding carboxylic acids is 1. The molecule has 8 nitrogen and oxygen atoms in total. The van der Waals surface area contributed by atoms with E-state index in [9.17, 15) is 4.79 Å². The summed E-state index contributed by atoms with van der Waals surface area (Å²) in [6, 6.07) is 10.1. The van der Waals surface area contributed by atoms with Gasteiger partial charge in [-0.25, -0.2) is 0 Å². The van der Waals surface area contributed by atoms with Crippen molar-refractivity contribution in [1.82, 2.24) is 19.9 Å². The first-order chi connectivity index (χ1) is 13.6. The molecule has 150 valence electrons. The number of carbonyl (C=O) groups is 1. The van der Waals surface area contributed by atoms with Gasteiger partial charge in [-0.2, -0.15) is 4.52 Å². The van der Waals surface area contributed by atoms with E-state index >= 15 is 0 Å². The number of amides is 1. The molecular formula is C20H26N4O4. The summed E-state index contributed by atoms with van der Waals surface area (Å²) in [6.45, 7) is 7.67. The maximum Gasteiger partial charge on any atom is 0.344 e. The van der Waals surface area contributed by atoms with Gasteiger partial charge in [-0.3, -0.25) is 4.79 Å². The van der Waals surface area contributed by atoms with Gasteiger partial charge in [0.05, 0.1) is 5.69 Å². The number of nitrogens with zero attached hydrogens (tertiary/aromatic N) is 3. The highest BCUT2D eigenvalue weighted by Gasteiger charge is 2.18. The third-order valence-electron chi connectivity index (χ3n) is 4.42. The average Bonchev–Trinajstić information content (AvgIpc) is 3.19. The van der Waals surface area contributed by atoms with Crippen molar-refractivity contribution in [3.63, 3.8) is 0 Å². The Morgan fingerprint density at radius 2 is 1.96 bits per heavy atom. The molecule has 2 aromatic heterocycles. The summed E-state index contributed by atoms with van der Waals surface area (Å²) in [5.74, 6) is 2.33. The number of nitrogens with one attached hydrogen (secondary N) is 1. The zero-order valence-electron chi connectivity index (χ0n) is 16.4. The van der Waals surface area contributed by atoms with Gasteiger partial charge in [0.15, 0.2) is 0 Å². The maximum absolute atomic E-state index is 9.92. The standard InChI is InChI=1S/C14H15N3O2.C6H11NO2/c1-9(2)12-10(3)18-14-15-13(16-17(12)14)19-11-7-5-4-6-8-11;8-5-7-6-1-3-9-4-2-6/h4-9H,1-3H3;5-6H,1-4H2,(H,7,8). The number of aryl methyl sites for hydroxylation is 1. The molecule has 28 heavy (non-hydrogen) atoms. The largest absolute Gasteiger partial charge is 0.427 e. The number of fused-ring (bicyclic) bond motifs is 1. The molecule has 1 aliphatic rings. The number of aromatic nitrogens is 3. The van der Waals surface area contributed by atoms with Crippen molar-refractivity contribution in [3.05, 3.63) is 41.8 Å². The van der Waals surface area contributed by atoms with Crippen LogP contribution < -0.4 is 10.1 Å². The van der Waals surface area contributed by atoms with Gasteiger partial charge in [-0.15, -0.1) is 10.1 Å². The van der Waals surface area contributed by atoms with Crippen LogP contribution in [0.25, 0.3) is 5.84 Å². The molecular weight excluding hydrogens is 360 g/mol. The molecule has 4 rings (SSSR count). The molecule has 1 N–H and O–H groups in total. The van der Waals surface area contributed by atoms with Crippen molar-refractivity contribution in [2.75, 3.05) is 13.2 Å². The fourth-order valence-electron chi connectivity index (χ4n) is 3.09. The lowest BCUT2D eigenvalue weighted by Crippen LogP contribution is -2.33. The SMILES string of the molecule is Cc1oc2nc(Oc3ccccc3)nn2c1C(C)C.O=CNC1CCOCC1. The predicted octanol–water partition coefficient (Wildman–Crippen LogP) is 3.46. The van der Waals surface area contributed by atoms with Crippen LogP contribution in [0.5, 0.6) is 11.8 Å². The number of benzene rings is 1. The molecule has 3 heterocycles. The first-order valence-electron chi connectivity index (χ1n) is 9.45. The Morgan fingerprint density at radius 1 is 1.25 bits per heavy atom. The molecule has 0 bridgehead atoms. The molecule has 8 heteroatoms. The number of para-hydroxylation sites is 1. The monoisotopic (exact) mass is 386 g/mol. The normalized spacial score (nSPS) is 14.6. The van der Waals surface area contributed by atoms with Gasteiger partial charge in [0.1, 0.15) is 11.5 Å². The highest BCUT2D eigenvalue weighted by atomic mass is 16.5. The fourth-order valence-corrected chi connectivity index (χ4v) is 3.09. The van der Waals surface area contributed by atoms with E-state index in [-0.39, 0.29) is 0 Å². The molecule has 3 aromatic rings. The molecule has 0 radical (unpaired) electrons. The van der Waals surface area contributed by atoms with Gasteiger partial charge >= 0.3 is 11.9 Å². The van der Waals surface area contributed by atoms with E-state index in [4.69, 9.17) is 13.9 Å². The Kier molecular flexibility index (Phi) is 6.65. The first kappa shape index (κ1) is 19.9. The quantitative estimate of drug-likeness (QED) is 0.675. The summed E-state index contributed by atoms with van der Waals surface area (Å²) >= 11 is 0. The fraction of sp³-hybridized carbons (Fsp3) is 0.450. The van der Waals surface area contributed by atoms with Crippen LogP contribution in [0.4, 0.5) is 0 Å². The molecule has 0 atom stereocenters. The molecule has 0 spiro atoms. The van der Waals surface area contributed by atoms with E-state index in [1.807, 2.05) is 37.3 Å².